The highest BCUT2D eigenvalue weighted by molar-refractivity contribution is 7.99. The second-order valence-corrected chi connectivity index (χ2v) is 6.79. The first-order chi connectivity index (χ1) is 7.88. The number of thioether (sulfide) groups is 1. The van der Waals surface area contributed by atoms with E-state index < -0.39 is 11.5 Å². The molecule has 0 heterocycles. The van der Waals surface area contributed by atoms with E-state index in [1.807, 2.05) is 13.8 Å². The molecule has 1 rings (SSSR count). The lowest BCUT2D eigenvalue weighted by atomic mass is 9.94. The SMILES string of the molecule is CC(C)CSCC(NC(C)C)(C(=O)O)C1CC1. The monoisotopic (exact) mass is 259 g/mol. The Bertz CT molecular complexity index is 264. The molecule has 100 valence electrons. The molecule has 1 unspecified atom stereocenters. The molecule has 1 aliphatic carbocycles. The third-order valence-corrected chi connectivity index (χ3v) is 4.54. The van der Waals surface area contributed by atoms with Crippen LogP contribution < -0.4 is 5.32 Å². The van der Waals surface area contributed by atoms with Crippen LogP contribution in [0.2, 0.25) is 0 Å². The summed E-state index contributed by atoms with van der Waals surface area (Å²) in [6, 6.07) is 0.214. The molecule has 0 bridgehead atoms. The summed E-state index contributed by atoms with van der Waals surface area (Å²) in [5.74, 6) is 1.97. The lowest BCUT2D eigenvalue weighted by molar-refractivity contribution is -0.145. The Hall–Kier alpha value is -0.220. The van der Waals surface area contributed by atoms with E-state index >= 15 is 0 Å². The molecule has 4 heteroatoms. The number of aliphatic carboxylic acids is 1. The fourth-order valence-electron chi connectivity index (χ4n) is 2.12. The molecule has 0 aromatic rings. The average molecular weight is 259 g/mol. The second kappa shape index (κ2) is 6.10. The molecule has 0 aliphatic heterocycles. The molecular weight excluding hydrogens is 234 g/mol. The summed E-state index contributed by atoms with van der Waals surface area (Å²) in [7, 11) is 0. The van der Waals surface area contributed by atoms with Crippen LogP contribution in [0.25, 0.3) is 0 Å². The molecule has 0 spiro atoms. The Morgan fingerprint density at radius 2 is 2.00 bits per heavy atom. The number of carboxylic acid groups (broad SMARTS) is 1. The molecule has 0 aromatic carbocycles. The maximum absolute atomic E-state index is 11.6. The van der Waals surface area contributed by atoms with Gasteiger partial charge in [-0.15, -0.1) is 0 Å². The van der Waals surface area contributed by atoms with E-state index in [1.165, 1.54) is 0 Å². The van der Waals surface area contributed by atoms with Crippen molar-refractivity contribution < 1.29 is 9.90 Å². The number of rotatable bonds is 8. The van der Waals surface area contributed by atoms with Crippen molar-refractivity contribution in [2.75, 3.05) is 11.5 Å². The molecule has 2 N–H and O–H groups in total. The number of hydrogen-bond donors (Lipinski definition) is 2. The van der Waals surface area contributed by atoms with Crippen molar-refractivity contribution in [3.05, 3.63) is 0 Å². The number of carbonyl (C=O) groups is 1. The topological polar surface area (TPSA) is 49.3 Å². The Morgan fingerprint density at radius 1 is 1.41 bits per heavy atom. The van der Waals surface area contributed by atoms with Gasteiger partial charge < -0.3 is 5.11 Å². The summed E-state index contributed by atoms with van der Waals surface area (Å²) in [5.41, 5.74) is -0.701. The van der Waals surface area contributed by atoms with Crippen molar-refractivity contribution in [1.82, 2.24) is 5.32 Å². The van der Waals surface area contributed by atoms with Crippen LogP contribution in [-0.4, -0.2) is 34.2 Å². The minimum Gasteiger partial charge on any atom is -0.480 e. The molecule has 1 fully saturated rings. The summed E-state index contributed by atoms with van der Waals surface area (Å²) >= 11 is 1.76. The van der Waals surface area contributed by atoms with Gasteiger partial charge in [0.2, 0.25) is 0 Å². The average Bonchev–Trinajstić information content (AvgIpc) is 2.97. The second-order valence-electron chi connectivity index (χ2n) is 5.76. The zero-order valence-corrected chi connectivity index (χ0v) is 12.1. The van der Waals surface area contributed by atoms with Crippen LogP contribution in [0, 0.1) is 11.8 Å². The summed E-state index contributed by atoms with van der Waals surface area (Å²) < 4.78 is 0. The Labute approximate surface area is 109 Å². The molecule has 1 aliphatic rings. The number of carboxylic acids is 1. The van der Waals surface area contributed by atoms with Gasteiger partial charge in [0.25, 0.3) is 0 Å². The van der Waals surface area contributed by atoms with Gasteiger partial charge in [0, 0.05) is 11.8 Å². The van der Waals surface area contributed by atoms with Gasteiger partial charge in [0.05, 0.1) is 0 Å². The molecule has 3 nitrogen and oxygen atoms in total. The van der Waals surface area contributed by atoms with Gasteiger partial charge in [-0.05, 0) is 44.3 Å². The van der Waals surface area contributed by atoms with Gasteiger partial charge in [0.15, 0.2) is 0 Å². The van der Waals surface area contributed by atoms with E-state index in [0.717, 1.165) is 18.6 Å². The van der Waals surface area contributed by atoms with Crippen molar-refractivity contribution in [2.45, 2.75) is 52.1 Å². The van der Waals surface area contributed by atoms with E-state index in [4.69, 9.17) is 0 Å². The van der Waals surface area contributed by atoms with E-state index in [0.29, 0.717) is 17.6 Å². The fourth-order valence-corrected chi connectivity index (χ4v) is 3.48. The minimum absolute atomic E-state index is 0.214. The third kappa shape index (κ3) is 4.18. The Balaban J connectivity index is 2.65. The summed E-state index contributed by atoms with van der Waals surface area (Å²) in [4.78, 5) is 11.6. The molecular formula is C13H25NO2S. The van der Waals surface area contributed by atoms with Crippen molar-refractivity contribution in [1.29, 1.82) is 0 Å². The quantitative estimate of drug-likeness (QED) is 0.703. The largest absolute Gasteiger partial charge is 0.480 e. The standard InChI is InChI=1S/C13H25NO2S/c1-9(2)7-17-8-13(12(15)16,11-5-6-11)14-10(3)4/h9-11,14H,5-8H2,1-4H3,(H,15,16). The lowest BCUT2D eigenvalue weighted by Gasteiger charge is -2.33. The van der Waals surface area contributed by atoms with Gasteiger partial charge in [-0.3, -0.25) is 10.1 Å². The third-order valence-electron chi connectivity index (χ3n) is 2.98. The first kappa shape index (κ1) is 14.8. The maximum atomic E-state index is 11.6. The zero-order chi connectivity index (χ0) is 13.1. The van der Waals surface area contributed by atoms with Gasteiger partial charge in [0.1, 0.15) is 5.54 Å². The Kier molecular flexibility index (Phi) is 5.32. The van der Waals surface area contributed by atoms with Crippen molar-refractivity contribution in [3.63, 3.8) is 0 Å². The lowest BCUT2D eigenvalue weighted by Crippen LogP contribution is -2.58. The van der Waals surface area contributed by atoms with Gasteiger partial charge in [-0.25, -0.2) is 0 Å². The molecule has 0 saturated heterocycles. The Morgan fingerprint density at radius 3 is 2.35 bits per heavy atom. The summed E-state index contributed by atoms with van der Waals surface area (Å²) in [6.45, 7) is 8.38. The molecule has 0 amide bonds. The van der Waals surface area contributed by atoms with Crippen LogP contribution in [0.5, 0.6) is 0 Å². The predicted molar refractivity (Wildman–Crippen MR) is 73.5 cm³/mol. The maximum Gasteiger partial charge on any atom is 0.325 e. The van der Waals surface area contributed by atoms with Gasteiger partial charge in [-0.2, -0.15) is 11.8 Å². The van der Waals surface area contributed by atoms with Crippen molar-refractivity contribution in [3.8, 4) is 0 Å². The molecule has 1 atom stereocenters. The van der Waals surface area contributed by atoms with E-state index in [1.54, 1.807) is 11.8 Å². The van der Waals surface area contributed by atoms with Gasteiger partial charge >= 0.3 is 5.97 Å². The summed E-state index contributed by atoms with van der Waals surface area (Å²) in [5, 5.41) is 12.9. The molecule has 1 saturated carbocycles. The zero-order valence-electron chi connectivity index (χ0n) is 11.3. The predicted octanol–water partition coefficient (Wildman–Crippen LogP) is 2.61. The van der Waals surface area contributed by atoms with Crippen LogP contribution in [0.15, 0.2) is 0 Å². The van der Waals surface area contributed by atoms with Crippen molar-refractivity contribution >= 4 is 17.7 Å². The van der Waals surface area contributed by atoms with Crippen molar-refractivity contribution in [2.24, 2.45) is 11.8 Å². The first-order valence-corrected chi connectivity index (χ1v) is 7.62. The van der Waals surface area contributed by atoms with Crippen LogP contribution in [0.3, 0.4) is 0 Å². The van der Waals surface area contributed by atoms with Crippen LogP contribution >= 0.6 is 11.8 Å². The molecule has 17 heavy (non-hydrogen) atoms. The number of nitrogens with one attached hydrogen (secondary N) is 1. The van der Waals surface area contributed by atoms with E-state index in [2.05, 4.69) is 19.2 Å². The van der Waals surface area contributed by atoms with Crippen LogP contribution in [-0.2, 0) is 4.79 Å². The normalized spacial score (nSPS) is 19.6. The minimum atomic E-state index is -0.701. The fraction of sp³-hybridized carbons (Fsp3) is 0.923. The smallest absolute Gasteiger partial charge is 0.325 e. The highest BCUT2D eigenvalue weighted by Crippen LogP contribution is 2.42. The summed E-state index contributed by atoms with van der Waals surface area (Å²) in [6.07, 6.45) is 2.10. The van der Waals surface area contributed by atoms with Crippen LogP contribution in [0.4, 0.5) is 0 Å². The van der Waals surface area contributed by atoms with E-state index in [9.17, 15) is 9.90 Å². The molecule has 0 radical (unpaired) electrons. The first-order valence-electron chi connectivity index (χ1n) is 6.47. The highest BCUT2D eigenvalue weighted by Gasteiger charge is 2.51. The van der Waals surface area contributed by atoms with Crippen LogP contribution in [0.1, 0.15) is 40.5 Å². The van der Waals surface area contributed by atoms with E-state index in [-0.39, 0.29) is 6.04 Å². The number of hydrogen-bond acceptors (Lipinski definition) is 3. The van der Waals surface area contributed by atoms with Gasteiger partial charge in [-0.1, -0.05) is 13.8 Å². The molecule has 0 aromatic heterocycles. The highest BCUT2D eigenvalue weighted by atomic mass is 32.2.